The predicted molar refractivity (Wildman–Crippen MR) is 86.7 cm³/mol. The van der Waals surface area contributed by atoms with Gasteiger partial charge in [0.25, 0.3) is 0 Å². The fourth-order valence-corrected chi connectivity index (χ4v) is 3.48. The average Bonchev–Trinajstić information content (AvgIpc) is 3.20. The van der Waals surface area contributed by atoms with Crippen LogP contribution in [0.2, 0.25) is 0 Å². The Morgan fingerprint density at radius 3 is 3.00 bits per heavy atom. The lowest BCUT2D eigenvalue weighted by Gasteiger charge is -2.32. The van der Waals surface area contributed by atoms with Crippen molar-refractivity contribution in [2.75, 3.05) is 26.2 Å². The first kappa shape index (κ1) is 16.5. The Balaban J connectivity index is 1.39. The monoisotopic (exact) mass is 321 g/mol. The third-order valence-corrected chi connectivity index (χ3v) is 4.88. The van der Waals surface area contributed by atoms with E-state index in [9.17, 15) is 4.79 Å². The highest BCUT2D eigenvalue weighted by Crippen LogP contribution is 2.27. The molecular weight excluding hydrogens is 294 g/mol. The van der Waals surface area contributed by atoms with E-state index in [4.69, 9.17) is 14.9 Å². The first-order chi connectivity index (χ1) is 11.2. The maximum atomic E-state index is 12.2. The molecule has 6 nitrogen and oxygen atoms in total. The summed E-state index contributed by atoms with van der Waals surface area (Å²) in [6, 6.07) is 3.90. The van der Waals surface area contributed by atoms with Crippen LogP contribution < -0.4 is 11.1 Å². The van der Waals surface area contributed by atoms with Gasteiger partial charge in [-0.25, -0.2) is 0 Å². The van der Waals surface area contributed by atoms with Crippen molar-refractivity contribution in [3.63, 3.8) is 0 Å². The molecule has 23 heavy (non-hydrogen) atoms. The molecular formula is C17H27N3O3. The van der Waals surface area contributed by atoms with Crippen LogP contribution in [0.3, 0.4) is 0 Å². The van der Waals surface area contributed by atoms with Crippen LogP contribution in [0.25, 0.3) is 0 Å². The normalized spacial score (nSPS) is 24.7. The number of carbonyl (C=O) groups excluding carboxylic acids is 1. The fourth-order valence-electron chi connectivity index (χ4n) is 3.48. The Hall–Kier alpha value is -1.37. The third kappa shape index (κ3) is 4.34. The smallest absolute Gasteiger partial charge is 0.240 e. The molecule has 2 fully saturated rings. The van der Waals surface area contributed by atoms with E-state index in [1.54, 1.807) is 6.26 Å². The number of nitrogens with two attached hydrogens (primary N) is 1. The molecule has 3 N–H and O–H groups in total. The van der Waals surface area contributed by atoms with Gasteiger partial charge in [0.2, 0.25) is 5.91 Å². The van der Waals surface area contributed by atoms with Crippen molar-refractivity contribution in [1.29, 1.82) is 0 Å². The molecule has 1 atom stereocenters. The Morgan fingerprint density at radius 2 is 2.26 bits per heavy atom. The van der Waals surface area contributed by atoms with Crippen molar-refractivity contribution in [2.24, 2.45) is 5.73 Å². The van der Waals surface area contributed by atoms with Gasteiger partial charge in [0.15, 0.2) is 0 Å². The van der Waals surface area contributed by atoms with Crippen molar-refractivity contribution >= 4 is 5.91 Å². The van der Waals surface area contributed by atoms with Gasteiger partial charge in [0, 0.05) is 19.6 Å². The van der Waals surface area contributed by atoms with Crippen LogP contribution in [0.15, 0.2) is 22.8 Å². The average molecular weight is 321 g/mol. The molecule has 1 aliphatic heterocycles. The van der Waals surface area contributed by atoms with E-state index in [2.05, 4.69) is 10.2 Å². The van der Waals surface area contributed by atoms with Gasteiger partial charge in [-0.05, 0) is 31.4 Å². The molecule has 1 saturated carbocycles. The largest absolute Gasteiger partial charge is 0.468 e. The molecule has 2 heterocycles. The second kappa shape index (κ2) is 7.47. The van der Waals surface area contributed by atoms with Gasteiger partial charge < -0.3 is 20.2 Å². The molecule has 1 aromatic heterocycles. The molecule has 1 aliphatic carbocycles. The number of amides is 1. The first-order valence-corrected chi connectivity index (χ1v) is 8.59. The van der Waals surface area contributed by atoms with Crippen LogP contribution >= 0.6 is 0 Å². The highest BCUT2D eigenvalue weighted by molar-refractivity contribution is 5.86. The van der Waals surface area contributed by atoms with Crippen molar-refractivity contribution < 1.29 is 13.9 Å². The summed E-state index contributed by atoms with van der Waals surface area (Å²) in [6.45, 7) is 3.93. The molecule has 0 aromatic carbocycles. The number of ether oxygens (including phenoxy) is 1. The van der Waals surface area contributed by atoms with Gasteiger partial charge in [-0.3, -0.25) is 9.69 Å². The maximum absolute atomic E-state index is 12.2. The minimum absolute atomic E-state index is 0.00162. The molecule has 1 aromatic rings. The summed E-state index contributed by atoms with van der Waals surface area (Å²) in [5.41, 5.74) is 5.52. The molecule has 0 unspecified atom stereocenters. The van der Waals surface area contributed by atoms with E-state index >= 15 is 0 Å². The van der Waals surface area contributed by atoms with Crippen LogP contribution in [-0.2, 0) is 16.1 Å². The van der Waals surface area contributed by atoms with Crippen LogP contribution in [0.1, 0.15) is 37.9 Å². The lowest BCUT2D eigenvalue weighted by atomic mass is 9.98. The molecule has 1 saturated heterocycles. The second-order valence-electron chi connectivity index (χ2n) is 6.72. The van der Waals surface area contributed by atoms with Crippen molar-refractivity contribution in [2.45, 2.75) is 50.3 Å². The minimum Gasteiger partial charge on any atom is -0.468 e. The minimum atomic E-state index is -0.640. The van der Waals surface area contributed by atoms with E-state index in [0.717, 1.165) is 64.1 Å². The lowest BCUT2D eigenvalue weighted by molar-refractivity contribution is -0.126. The zero-order valence-electron chi connectivity index (χ0n) is 13.6. The molecule has 3 rings (SSSR count). The third-order valence-electron chi connectivity index (χ3n) is 4.88. The van der Waals surface area contributed by atoms with Crippen molar-refractivity contribution in [1.82, 2.24) is 10.2 Å². The van der Waals surface area contributed by atoms with E-state index < -0.39 is 5.54 Å². The molecule has 0 spiro atoms. The van der Waals surface area contributed by atoms with Gasteiger partial charge in [0.1, 0.15) is 5.76 Å². The molecule has 6 heteroatoms. The molecule has 128 valence electrons. The number of nitrogens with zero attached hydrogens (tertiary/aromatic N) is 1. The first-order valence-electron chi connectivity index (χ1n) is 8.59. The quantitative estimate of drug-likeness (QED) is 0.824. The molecule has 0 bridgehead atoms. The highest BCUT2D eigenvalue weighted by atomic mass is 16.5. The summed E-state index contributed by atoms with van der Waals surface area (Å²) in [4.78, 5) is 14.5. The zero-order chi connectivity index (χ0) is 16.1. The van der Waals surface area contributed by atoms with Gasteiger partial charge >= 0.3 is 0 Å². The standard InChI is InChI=1S/C17H27N3O3/c18-17(6-1-2-7-17)16(21)19-8-5-15-13-20(9-11-23-15)12-14-4-3-10-22-14/h3-4,10,15H,1-2,5-9,11-13,18H2,(H,19,21)/t15-/m1/s1. The summed E-state index contributed by atoms with van der Waals surface area (Å²) in [5.74, 6) is 0.975. The SMILES string of the molecule is NC1(C(=O)NCC[C@@H]2CN(Cc3ccco3)CCO2)CCCC1. The fraction of sp³-hybridized carbons (Fsp3) is 0.706. The van der Waals surface area contributed by atoms with Gasteiger partial charge in [-0.2, -0.15) is 0 Å². The van der Waals surface area contributed by atoms with Crippen molar-refractivity contribution in [3.8, 4) is 0 Å². The molecule has 1 amide bonds. The van der Waals surface area contributed by atoms with Gasteiger partial charge in [0.05, 0.1) is 31.1 Å². The summed E-state index contributed by atoms with van der Waals surface area (Å²) < 4.78 is 11.2. The number of furan rings is 1. The Kier molecular flexibility index (Phi) is 5.35. The van der Waals surface area contributed by atoms with E-state index in [-0.39, 0.29) is 12.0 Å². The number of nitrogens with one attached hydrogen (secondary N) is 1. The second-order valence-corrected chi connectivity index (χ2v) is 6.72. The Labute approximate surface area is 137 Å². The number of hydrogen-bond donors (Lipinski definition) is 2. The van der Waals surface area contributed by atoms with Crippen molar-refractivity contribution in [3.05, 3.63) is 24.2 Å². The Morgan fingerprint density at radius 1 is 1.43 bits per heavy atom. The summed E-state index contributed by atoms with van der Waals surface area (Å²) in [6.07, 6.45) is 6.38. The number of hydrogen-bond acceptors (Lipinski definition) is 5. The lowest BCUT2D eigenvalue weighted by Crippen LogP contribution is -2.52. The molecule has 2 aliphatic rings. The zero-order valence-corrected chi connectivity index (χ0v) is 13.6. The van der Waals surface area contributed by atoms with Crippen LogP contribution in [0, 0.1) is 0 Å². The van der Waals surface area contributed by atoms with Crippen LogP contribution in [0.5, 0.6) is 0 Å². The predicted octanol–water partition coefficient (Wildman–Crippen LogP) is 1.26. The summed E-state index contributed by atoms with van der Waals surface area (Å²) in [7, 11) is 0. The maximum Gasteiger partial charge on any atom is 0.240 e. The summed E-state index contributed by atoms with van der Waals surface area (Å²) >= 11 is 0. The van der Waals surface area contributed by atoms with Gasteiger partial charge in [-0.1, -0.05) is 12.8 Å². The Bertz CT molecular complexity index is 497. The highest BCUT2D eigenvalue weighted by Gasteiger charge is 2.36. The topological polar surface area (TPSA) is 80.7 Å². The summed E-state index contributed by atoms with van der Waals surface area (Å²) in [5, 5.41) is 2.99. The van der Waals surface area contributed by atoms with Gasteiger partial charge in [-0.15, -0.1) is 0 Å². The van der Waals surface area contributed by atoms with E-state index in [1.165, 1.54) is 0 Å². The molecule has 0 radical (unpaired) electrons. The number of carbonyl (C=O) groups is 1. The van der Waals surface area contributed by atoms with E-state index in [0.29, 0.717) is 6.54 Å². The number of rotatable bonds is 6. The number of morpholine rings is 1. The van der Waals surface area contributed by atoms with Crippen LogP contribution in [-0.4, -0.2) is 48.7 Å². The van der Waals surface area contributed by atoms with Crippen LogP contribution in [0.4, 0.5) is 0 Å². The van der Waals surface area contributed by atoms with E-state index in [1.807, 2.05) is 12.1 Å².